The average molecular weight is 334 g/mol. The molecule has 120 valence electrons. The van der Waals surface area contributed by atoms with Crippen molar-refractivity contribution in [3.8, 4) is 5.75 Å². The van der Waals surface area contributed by atoms with Crippen molar-refractivity contribution in [2.24, 2.45) is 0 Å². The number of aryl methyl sites for hydroxylation is 1. The number of methoxy groups -OCH3 is 1. The molecule has 4 N–H and O–H groups in total. The first kappa shape index (κ1) is 16.6. The number of anilines is 3. The summed E-state index contributed by atoms with van der Waals surface area (Å²) >= 11 is 5.96. The number of rotatable bonds is 3. The lowest BCUT2D eigenvalue weighted by Gasteiger charge is -2.10. The van der Waals surface area contributed by atoms with Crippen LogP contribution < -0.4 is 21.1 Å². The molecule has 7 heteroatoms. The standard InChI is InChI=1S/C16H16ClN3O3/c1-9-3-5-13(12(18)7-9)20-16(22)15(21)19-10-4-6-14(23-2)11(17)8-10/h3-8H,18H2,1-2H3,(H,19,21)(H,20,22). The summed E-state index contributed by atoms with van der Waals surface area (Å²) in [5.41, 5.74) is 7.90. The van der Waals surface area contributed by atoms with Gasteiger partial charge in [0, 0.05) is 5.69 Å². The lowest BCUT2D eigenvalue weighted by atomic mass is 10.2. The monoisotopic (exact) mass is 333 g/mol. The topological polar surface area (TPSA) is 93.4 Å². The highest BCUT2D eigenvalue weighted by Gasteiger charge is 2.16. The first-order chi connectivity index (χ1) is 10.9. The summed E-state index contributed by atoms with van der Waals surface area (Å²) in [5.74, 6) is -1.18. The largest absolute Gasteiger partial charge is 0.495 e. The van der Waals surface area contributed by atoms with E-state index in [9.17, 15) is 9.59 Å². The quantitative estimate of drug-likeness (QED) is 0.594. The molecule has 0 aromatic heterocycles. The molecule has 0 spiro atoms. The van der Waals surface area contributed by atoms with Crippen LogP contribution in [0.3, 0.4) is 0 Å². The van der Waals surface area contributed by atoms with Crippen molar-refractivity contribution in [3.63, 3.8) is 0 Å². The van der Waals surface area contributed by atoms with Gasteiger partial charge in [-0.2, -0.15) is 0 Å². The third-order valence-corrected chi connectivity index (χ3v) is 3.37. The summed E-state index contributed by atoms with van der Waals surface area (Å²) in [5, 5.41) is 5.24. The van der Waals surface area contributed by atoms with Crippen molar-refractivity contribution in [2.75, 3.05) is 23.5 Å². The lowest BCUT2D eigenvalue weighted by molar-refractivity contribution is -0.132. The molecule has 0 aliphatic rings. The number of carbonyl (C=O) groups is 2. The highest BCUT2D eigenvalue weighted by Crippen LogP contribution is 2.27. The molecule has 0 radical (unpaired) electrons. The Labute approximate surface area is 138 Å². The fourth-order valence-electron chi connectivity index (χ4n) is 1.91. The van der Waals surface area contributed by atoms with E-state index in [0.29, 0.717) is 27.8 Å². The average Bonchev–Trinajstić information content (AvgIpc) is 2.50. The van der Waals surface area contributed by atoms with Gasteiger partial charge in [-0.05, 0) is 42.8 Å². The maximum absolute atomic E-state index is 11.9. The molecule has 2 aromatic rings. The number of nitrogens with two attached hydrogens (primary N) is 1. The maximum Gasteiger partial charge on any atom is 0.314 e. The van der Waals surface area contributed by atoms with Gasteiger partial charge in [0.15, 0.2) is 0 Å². The molecule has 0 saturated carbocycles. The number of ether oxygens (including phenoxy) is 1. The number of benzene rings is 2. The number of hydrogen-bond acceptors (Lipinski definition) is 4. The first-order valence-corrected chi connectivity index (χ1v) is 7.10. The van der Waals surface area contributed by atoms with Gasteiger partial charge in [-0.1, -0.05) is 17.7 Å². The van der Waals surface area contributed by atoms with E-state index in [4.69, 9.17) is 22.1 Å². The van der Waals surface area contributed by atoms with Gasteiger partial charge in [0.05, 0.1) is 23.5 Å². The van der Waals surface area contributed by atoms with Gasteiger partial charge in [0.2, 0.25) is 0 Å². The number of hydrogen-bond donors (Lipinski definition) is 3. The predicted molar refractivity (Wildman–Crippen MR) is 90.9 cm³/mol. The molecule has 0 heterocycles. The van der Waals surface area contributed by atoms with Crippen molar-refractivity contribution in [3.05, 3.63) is 47.0 Å². The van der Waals surface area contributed by atoms with Gasteiger partial charge in [0.1, 0.15) is 5.75 Å². The fourth-order valence-corrected chi connectivity index (χ4v) is 2.16. The van der Waals surface area contributed by atoms with Crippen LogP contribution in [0.4, 0.5) is 17.1 Å². The minimum atomic E-state index is -0.828. The molecule has 2 rings (SSSR count). The van der Waals surface area contributed by atoms with E-state index in [0.717, 1.165) is 5.56 Å². The van der Waals surface area contributed by atoms with Crippen LogP contribution in [0.15, 0.2) is 36.4 Å². The Bertz CT molecular complexity index is 762. The van der Waals surface area contributed by atoms with E-state index < -0.39 is 11.8 Å². The Hall–Kier alpha value is -2.73. The SMILES string of the molecule is COc1ccc(NC(=O)C(=O)Nc2ccc(C)cc2N)cc1Cl. The Morgan fingerprint density at radius 2 is 1.78 bits per heavy atom. The summed E-state index contributed by atoms with van der Waals surface area (Å²) in [6.45, 7) is 1.88. The van der Waals surface area contributed by atoms with Crippen LogP contribution in [-0.2, 0) is 9.59 Å². The summed E-state index contributed by atoms with van der Waals surface area (Å²) in [7, 11) is 1.49. The zero-order valence-corrected chi connectivity index (χ0v) is 13.4. The van der Waals surface area contributed by atoms with E-state index in [2.05, 4.69) is 10.6 Å². The zero-order valence-electron chi connectivity index (χ0n) is 12.6. The Morgan fingerprint density at radius 3 is 2.39 bits per heavy atom. The van der Waals surface area contributed by atoms with Gasteiger partial charge in [-0.25, -0.2) is 0 Å². The smallest absolute Gasteiger partial charge is 0.314 e. The minimum Gasteiger partial charge on any atom is -0.495 e. The van der Waals surface area contributed by atoms with Crippen LogP contribution in [-0.4, -0.2) is 18.9 Å². The molecule has 23 heavy (non-hydrogen) atoms. The molecule has 0 saturated heterocycles. The number of carbonyl (C=O) groups excluding carboxylic acids is 2. The molecule has 2 amide bonds. The van der Waals surface area contributed by atoms with Crippen LogP contribution in [0.25, 0.3) is 0 Å². The van der Waals surface area contributed by atoms with Crippen LogP contribution >= 0.6 is 11.6 Å². The van der Waals surface area contributed by atoms with Crippen LogP contribution in [0.1, 0.15) is 5.56 Å². The summed E-state index contributed by atoms with van der Waals surface area (Å²) < 4.78 is 5.02. The third kappa shape index (κ3) is 4.14. The van der Waals surface area contributed by atoms with Crippen LogP contribution in [0, 0.1) is 6.92 Å². The van der Waals surface area contributed by atoms with Gasteiger partial charge < -0.3 is 21.1 Å². The number of halogens is 1. The van der Waals surface area contributed by atoms with E-state index in [-0.39, 0.29) is 0 Å². The molecule has 0 aliphatic carbocycles. The Morgan fingerprint density at radius 1 is 1.09 bits per heavy atom. The fraction of sp³-hybridized carbons (Fsp3) is 0.125. The predicted octanol–water partition coefficient (Wildman–Crippen LogP) is 2.82. The molecule has 0 atom stereocenters. The zero-order chi connectivity index (χ0) is 17.0. The Kier molecular flexibility index (Phi) is 5.08. The molecular weight excluding hydrogens is 318 g/mol. The second kappa shape index (κ2) is 7.02. The van der Waals surface area contributed by atoms with Gasteiger partial charge >= 0.3 is 11.8 Å². The van der Waals surface area contributed by atoms with Gasteiger partial charge in [-0.15, -0.1) is 0 Å². The van der Waals surface area contributed by atoms with E-state index >= 15 is 0 Å². The molecular formula is C16H16ClN3O3. The summed E-state index contributed by atoms with van der Waals surface area (Å²) in [6, 6.07) is 9.79. The van der Waals surface area contributed by atoms with E-state index in [1.807, 2.05) is 6.92 Å². The second-order valence-corrected chi connectivity index (χ2v) is 5.26. The lowest BCUT2D eigenvalue weighted by Crippen LogP contribution is -2.29. The molecule has 0 aliphatic heterocycles. The van der Waals surface area contributed by atoms with Crippen molar-refractivity contribution >= 4 is 40.5 Å². The van der Waals surface area contributed by atoms with Crippen molar-refractivity contribution in [1.29, 1.82) is 0 Å². The summed E-state index contributed by atoms with van der Waals surface area (Å²) in [4.78, 5) is 23.8. The molecule has 6 nitrogen and oxygen atoms in total. The number of nitrogens with one attached hydrogen (secondary N) is 2. The summed E-state index contributed by atoms with van der Waals surface area (Å²) in [6.07, 6.45) is 0. The molecule has 0 bridgehead atoms. The van der Waals surface area contributed by atoms with Gasteiger partial charge in [0.25, 0.3) is 0 Å². The minimum absolute atomic E-state index is 0.327. The van der Waals surface area contributed by atoms with Crippen LogP contribution in [0.5, 0.6) is 5.75 Å². The number of amides is 2. The highest BCUT2D eigenvalue weighted by atomic mass is 35.5. The van der Waals surface area contributed by atoms with E-state index in [1.54, 1.807) is 30.3 Å². The molecule has 2 aromatic carbocycles. The van der Waals surface area contributed by atoms with Gasteiger partial charge in [-0.3, -0.25) is 9.59 Å². The third-order valence-electron chi connectivity index (χ3n) is 3.07. The van der Waals surface area contributed by atoms with Crippen molar-refractivity contribution < 1.29 is 14.3 Å². The number of nitrogen functional groups attached to an aromatic ring is 1. The maximum atomic E-state index is 11.9. The Balaban J connectivity index is 2.05. The van der Waals surface area contributed by atoms with Crippen molar-refractivity contribution in [1.82, 2.24) is 0 Å². The molecule has 0 fully saturated rings. The van der Waals surface area contributed by atoms with E-state index in [1.165, 1.54) is 13.2 Å². The van der Waals surface area contributed by atoms with Crippen LogP contribution in [0.2, 0.25) is 5.02 Å². The second-order valence-electron chi connectivity index (χ2n) is 4.85. The van der Waals surface area contributed by atoms with Crippen molar-refractivity contribution in [2.45, 2.75) is 6.92 Å². The molecule has 0 unspecified atom stereocenters. The first-order valence-electron chi connectivity index (χ1n) is 6.72. The normalized spacial score (nSPS) is 10.0. The highest BCUT2D eigenvalue weighted by molar-refractivity contribution is 6.44.